The lowest BCUT2D eigenvalue weighted by Crippen LogP contribution is -2.43. The SMILES string of the molecule is CC(C)(C)OC(=O)NC(CCc1nc2cc([N+](=O)[O-])ccc2n1-c1ccccc1)C(=O)O. The number of carbonyl (C=O) groups excluding carboxylic acids is 1. The summed E-state index contributed by atoms with van der Waals surface area (Å²) in [5, 5.41) is 23.1. The zero-order valence-electron chi connectivity index (χ0n) is 17.9. The average Bonchev–Trinajstić information content (AvgIpc) is 3.07. The number of rotatable bonds is 7. The summed E-state index contributed by atoms with van der Waals surface area (Å²) in [5.74, 6) is -0.683. The number of imidazole rings is 1. The number of nitrogens with one attached hydrogen (secondary N) is 1. The number of hydrogen-bond donors (Lipinski definition) is 2. The van der Waals surface area contributed by atoms with Crippen LogP contribution in [-0.2, 0) is 16.0 Å². The molecule has 32 heavy (non-hydrogen) atoms. The van der Waals surface area contributed by atoms with E-state index in [2.05, 4.69) is 10.3 Å². The number of hydrogen-bond acceptors (Lipinski definition) is 6. The standard InChI is InChI=1S/C22H24N4O6/c1-22(2,3)32-21(29)24-16(20(27)28)10-12-19-23-17-13-15(26(30)31)9-11-18(17)25(19)14-7-5-4-6-8-14/h4-9,11,13,16H,10,12H2,1-3H3,(H,24,29)(H,27,28). The maximum atomic E-state index is 12.0. The van der Waals surface area contributed by atoms with Crippen molar-refractivity contribution in [2.75, 3.05) is 0 Å². The molecule has 1 aromatic heterocycles. The van der Waals surface area contributed by atoms with Crippen molar-refractivity contribution in [3.8, 4) is 5.69 Å². The van der Waals surface area contributed by atoms with Gasteiger partial charge < -0.3 is 15.2 Å². The number of aryl methyl sites for hydroxylation is 1. The van der Waals surface area contributed by atoms with Crippen LogP contribution >= 0.6 is 0 Å². The first kappa shape index (κ1) is 22.7. The number of para-hydroxylation sites is 1. The third kappa shape index (κ3) is 5.39. The van der Waals surface area contributed by atoms with Crippen LogP contribution in [0.25, 0.3) is 16.7 Å². The lowest BCUT2D eigenvalue weighted by atomic mass is 10.1. The normalized spacial score (nSPS) is 12.3. The van der Waals surface area contributed by atoms with Gasteiger partial charge in [0.05, 0.1) is 16.0 Å². The molecule has 0 radical (unpaired) electrons. The molecule has 3 aromatic rings. The lowest BCUT2D eigenvalue weighted by molar-refractivity contribution is -0.384. The van der Waals surface area contributed by atoms with Gasteiger partial charge in [0.1, 0.15) is 17.5 Å². The van der Waals surface area contributed by atoms with Crippen molar-refractivity contribution < 1.29 is 24.4 Å². The predicted molar refractivity (Wildman–Crippen MR) is 117 cm³/mol. The molecule has 0 saturated heterocycles. The van der Waals surface area contributed by atoms with Gasteiger partial charge >= 0.3 is 12.1 Å². The van der Waals surface area contributed by atoms with E-state index in [1.54, 1.807) is 26.8 Å². The van der Waals surface area contributed by atoms with E-state index in [-0.39, 0.29) is 18.5 Å². The first-order chi connectivity index (χ1) is 15.0. The van der Waals surface area contributed by atoms with Crippen LogP contribution in [0.4, 0.5) is 10.5 Å². The molecule has 1 atom stereocenters. The van der Waals surface area contributed by atoms with Crippen molar-refractivity contribution in [3.63, 3.8) is 0 Å². The van der Waals surface area contributed by atoms with Gasteiger partial charge in [-0.25, -0.2) is 14.6 Å². The quantitative estimate of drug-likeness (QED) is 0.420. The van der Waals surface area contributed by atoms with Gasteiger partial charge in [0.25, 0.3) is 5.69 Å². The summed E-state index contributed by atoms with van der Waals surface area (Å²) in [6, 6.07) is 12.5. The van der Waals surface area contributed by atoms with E-state index in [1.807, 2.05) is 34.9 Å². The minimum atomic E-state index is -1.20. The topological polar surface area (TPSA) is 137 Å². The first-order valence-electron chi connectivity index (χ1n) is 9.98. The van der Waals surface area contributed by atoms with Crippen LogP contribution in [0.15, 0.2) is 48.5 Å². The van der Waals surface area contributed by atoms with E-state index in [9.17, 15) is 24.8 Å². The fourth-order valence-electron chi connectivity index (χ4n) is 3.25. The van der Waals surface area contributed by atoms with E-state index in [0.29, 0.717) is 16.9 Å². The van der Waals surface area contributed by atoms with Crippen molar-refractivity contribution in [3.05, 3.63) is 64.5 Å². The molecule has 1 unspecified atom stereocenters. The van der Waals surface area contributed by atoms with E-state index >= 15 is 0 Å². The number of ether oxygens (including phenoxy) is 1. The number of benzene rings is 2. The van der Waals surface area contributed by atoms with Gasteiger partial charge in [0.15, 0.2) is 0 Å². The van der Waals surface area contributed by atoms with Gasteiger partial charge in [0, 0.05) is 24.2 Å². The van der Waals surface area contributed by atoms with Crippen LogP contribution in [0.1, 0.15) is 33.0 Å². The Morgan fingerprint density at radius 3 is 2.50 bits per heavy atom. The van der Waals surface area contributed by atoms with Crippen LogP contribution < -0.4 is 5.32 Å². The lowest BCUT2D eigenvalue weighted by Gasteiger charge is -2.22. The molecule has 0 aliphatic rings. The fourth-order valence-corrected chi connectivity index (χ4v) is 3.25. The Balaban J connectivity index is 1.92. The Labute approximate surface area is 184 Å². The third-order valence-corrected chi connectivity index (χ3v) is 4.58. The summed E-state index contributed by atoms with van der Waals surface area (Å²) in [7, 11) is 0. The summed E-state index contributed by atoms with van der Waals surface area (Å²) in [6.07, 6.45) is -0.575. The van der Waals surface area contributed by atoms with Crippen LogP contribution in [0.3, 0.4) is 0 Å². The van der Waals surface area contributed by atoms with Crippen LogP contribution in [0, 0.1) is 10.1 Å². The second-order valence-electron chi connectivity index (χ2n) is 8.20. The summed E-state index contributed by atoms with van der Waals surface area (Å²) in [4.78, 5) is 38.9. The van der Waals surface area contributed by atoms with E-state index in [0.717, 1.165) is 5.69 Å². The van der Waals surface area contributed by atoms with Crippen molar-refractivity contribution >= 4 is 28.8 Å². The van der Waals surface area contributed by atoms with Crippen molar-refractivity contribution in [2.24, 2.45) is 0 Å². The molecule has 10 heteroatoms. The molecule has 0 fully saturated rings. The average molecular weight is 440 g/mol. The number of aromatic nitrogens is 2. The third-order valence-electron chi connectivity index (χ3n) is 4.58. The minimum absolute atomic E-state index is 0.0484. The summed E-state index contributed by atoms with van der Waals surface area (Å²) in [5.41, 5.74) is 1.01. The van der Waals surface area contributed by atoms with Crippen molar-refractivity contribution in [1.82, 2.24) is 14.9 Å². The van der Waals surface area contributed by atoms with Gasteiger partial charge in [-0.1, -0.05) is 18.2 Å². The van der Waals surface area contributed by atoms with Crippen LogP contribution in [0.5, 0.6) is 0 Å². The van der Waals surface area contributed by atoms with E-state index in [1.165, 1.54) is 12.1 Å². The number of nitro groups is 1. The molecular weight excluding hydrogens is 416 g/mol. The van der Waals surface area contributed by atoms with Crippen molar-refractivity contribution in [1.29, 1.82) is 0 Å². The Morgan fingerprint density at radius 2 is 1.91 bits per heavy atom. The number of nitro benzene ring substituents is 1. The molecule has 0 saturated carbocycles. The molecule has 0 bridgehead atoms. The number of alkyl carbamates (subject to hydrolysis) is 1. The monoisotopic (exact) mass is 440 g/mol. The fraction of sp³-hybridized carbons (Fsp3) is 0.318. The highest BCUT2D eigenvalue weighted by Gasteiger charge is 2.25. The minimum Gasteiger partial charge on any atom is -0.480 e. The summed E-state index contributed by atoms with van der Waals surface area (Å²) < 4.78 is 6.97. The van der Waals surface area contributed by atoms with Crippen LogP contribution in [-0.4, -0.2) is 43.3 Å². The Hall–Kier alpha value is -3.95. The number of nitrogens with zero attached hydrogens (tertiary/aromatic N) is 3. The highest BCUT2D eigenvalue weighted by molar-refractivity contribution is 5.81. The number of fused-ring (bicyclic) bond motifs is 1. The van der Waals surface area contributed by atoms with Gasteiger partial charge in [-0.15, -0.1) is 0 Å². The Kier molecular flexibility index (Phi) is 6.42. The first-order valence-corrected chi connectivity index (χ1v) is 9.98. The molecule has 0 aliphatic carbocycles. The van der Waals surface area contributed by atoms with Gasteiger partial charge in [-0.2, -0.15) is 0 Å². The number of carboxylic acids is 1. The number of aliphatic carboxylic acids is 1. The number of carboxylic acid groups (broad SMARTS) is 1. The smallest absolute Gasteiger partial charge is 0.408 e. The van der Waals surface area contributed by atoms with Crippen LogP contribution in [0.2, 0.25) is 0 Å². The maximum Gasteiger partial charge on any atom is 0.408 e. The predicted octanol–water partition coefficient (Wildman–Crippen LogP) is 3.84. The van der Waals surface area contributed by atoms with Gasteiger partial charge in [-0.05, 0) is 45.4 Å². The zero-order valence-corrected chi connectivity index (χ0v) is 17.9. The van der Waals surface area contributed by atoms with Crippen molar-refractivity contribution in [2.45, 2.75) is 45.3 Å². The van der Waals surface area contributed by atoms with E-state index in [4.69, 9.17) is 4.74 Å². The van der Waals surface area contributed by atoms with E-state index < -0.39 is 28.6 Å². The molecular formula is C22H24N4O6. The zero-order chi connectivity index (χ0) is 23.5. The second kappa shape index (κ2) is 9.04. The Morgan fingerprint density at radius 1 is 1.22 bits per heavy atom. The number of amides is 1. The molecule has 10 nitrogen and oxygen atoms in total. The molecule has 0 spiro atoms. The molecule has 1 amide bonds. The highest BCUT2D eigenvalue weighted by atomic mass is 16.6. The molecule has 1 heterocycles. The molecule has 168 valence electrons. The Bertz CT molecular complexity index is 1150. The molecule has 2 N–H and O–H groups in total. The molecule has 0 aliphatic heterocycles. The van der Waals surface area contributed by atoms with Gasteiger partial charge in [0.2, 0.25) is 0 Å². The molecule has 2 aromatic carbocycles. The van der Waals surface area contributed by atoms with Gasteiger partial charge in [-0.3, -0.25) is 14.7 Å². The highest BCUT2D eigenvalue weighted by Crippen LogP contribution is 2.26. The maximum absolute atomic E-state index is 12.0. The summed E-state index contributed by atoms with van der Waals surface area (Å²) >= 11 is 0. The number of non-ortho nitro benzene ring substituents is 1. The summed E-state index contributed by atoms with van der Waals surface area (Å²) in [6.45, 7) is 5.05. The molecule has 3 rings (SSSR count). The largest absolute Gasteiger partial charge is 0.480 e. The second-order valence-corrected chi connectivity index (χ2v) is 8.20. The number of carbonyl (C=O) groups is 2.